The number of halogens is 1. The van der Waals surface area contributed by atoms with E-state index in [1.807, 2.05) is 0 Å². The minimum atomic E-state index is -0.354. The molecule has 7 heteroatoms. The molecular weight excluding hydrogens is 293 g/mol. The van der Waals surface area contributed by atoms with Gasteiger partial charge < -0.3 is 4.42 Å². The lowest BCUT2D eigenvalue weighted by molar-refractivity contribution is -0.115. The molecule has 1 saturated heterocycles. The summed E-state index contributed by atoms with van der Waals surface area (Å²) in [6, 6.07) is 9.15. The third-order valence-electron chi connectivity index (χ3n) is 2.72. The number of benzene rings is 1. The number of carbonyl (C=O) groups excluding carboxylic acids is 1. The molecule has 0 unspecified atom stereocenters. The second-order valence-corrected chi connectivity index (χ2v) is 5.08. The Labute approximate surface area is 124 Å². The van der Waals surface area contributed by atoms with Gasteiger partial charge in [0.1, 0.15) is 11.6 Å². The Morgan fingerprint density at radius 1 is 1.29 bits per heavy atom. The van der Waals surface area contributed by atoms with Gasteiger partial charge in [-0.2, -0.15) is 5.10 Å². The molecule has 0 N–H and O–H groups in total. The van der Waals surface area contributed by atoms with Gasteiger partial charge in [0.2, 0.25) is 5.91 Å². The van der Waals surface area contributed by atoms with Gasteiger partial charge in [-0.25, -0.2) is 4.39 Å². The van der Waals surface area contributed by atoms with Crippen molar-refractivity contribution in [2.75, 3.05) is 10.7 Å². The van der Waals surface area contributed by atoms with Crippen LogP contribution in [0.15, 0.2) is 57.3 Å². The predicted octanol–water partition coefficient (Wildman–Crippen LogP) is 2.89. The fraction of sp³-hybridized carbons (Fsp3) is 0.0714. The highest BCUT2D eigenvalue weighted by Gasteiger charge is 2.29. The Morgan fingerprint density at radius 3 is 2.81 bits per heavy atom. The quantitative estimate of drug-likeness (QED) is 0.647. The molecule has 0 spiro atoms. The Balaban J connectivity index is 1.83. The molecule has 1 aromatic heterocycles. The molecule has 1 aromatic carbocycles. The molecule has 1 aliphatic heterocycles. The number of amides is 1. The van der Waals surface area contributed by atoms with Gasteiger partial charge in [0.25, 0.3) is 0 Å². The smallest absolute Gasteiger partial charge is 0.243 e. The maximum absolute atomic E-state index is 13.0. The van der Waals surface area contributed by atoms with Crippen LogP contribution in [0.4, 0.5) is 10.1 Å². The second-order valence-electron chi connectivity index (χ2n) is 4.14. The first-order valence-electron chi connectivity index (χ1n) is 6.10. The van der Waals surface area contributed by atoms with E-state index in [0.29, 0.717) is 16.6 Å². The summed E-state index contributed by atoms with van der Waals surface area (Å²) in [5.74, 6) is 0.389. The average molecular weight is 303 g/mol. The lowest BCUT2D eigenvalue weighted by atomic mass is 10.3. The molecule has 106 valence electrons. The molecule has 3 rings (SSSR count). The van der Waals surface area contributed by atoms with Gasteiger partial charge in [-0.3, -0.25) is 9.69 Å². The van der Waals surface area contributed by atoms with Crippen molar-refractivity contribution in [3.63, 3.8) is 0 Å². The minimum Gasteiger partial charge on any atom is -0.463 e. The van der Waals surface area contributed by atoms with Crippen LogP contribution in [0.3, 0.4) is 0 Å². The van der Waals surface area contributed by atoms with E-state index in [4.69, 9.17) is 4.42 Å². The number of hydrogen-bond acceptors (Lipinski definition) is 5. The van der Waals surface area contributed by atoms with Gasteiger partial charge >= 0.3 is 0 Å². The second kappa shape index (κ2) is 5.92. The van der Waals surface area contributed by atoms with Gasteiger partial charge in [-0.1, -0.05) is 11.8 Å². The van der Waals surface area contributed by atoms with E-state index < -0.39 is 0 Å². The van der Waals surface area contributed by atoms with Crippen LogP contribution < -0.4 is 4.90 Å². The highest BCUT2D eigenvalue weighted by atomic mass is 32.2. The summed E-state index contributed by atoms with van der Waals surface area (Å²) in [7, 11) is 0. The number of anilines is 1. The average Bonchev–Trinajstić information content (AvgIpc) is 3.11. The van der Waals surface area contributed by atoms with Crippen LogP contribution in [0.1, 0.15) is 5.76 Å². The summed E-state index contributed by atoms with van der Waals surface area (Å²) >= 11 is 1.28. The first-order chi connectivity index (χ1) is 10.2. The van der Waals surface area contributed by atoms with Crippen molar-refractivity contribution in [2.24, 2.45) is 10.2 Å². The molecule has 21 heavy (non-hydrogen) atoms. The number of hydrogen-bond donors (Lipinski definition) is 0. The number of carbonyl (C=O) groups is 1. The van der Waals surface area contributed by atoms with Gasteiger partial charge in [0, 0.05) is 0 Å². The van der Waals surface area contributed by atoms with Crippen molar-refractivity contribution in [2.45, 2.75) is 0 Å². The summed E-state index contributed by atoms with van der Waals surface area (Å²) in [5, 5.41) is 8.39. The van der Waals surface area contributed by atoms with Crippen molar-refractivity contribution in [1.82, 2.24) is 0 Å². The Bertz CT molecular complexity index is 696. The summed E-state index contributed by atoms with van der Waals surface area (Å²) in [4.78, 5) is 13.3. The van der Waals surface area contributed by atoms with E-state index in [2.05, 4.69) is 10.2 Å². The van der Waals surface area contributed by atoms with Crippen LogP contribution in [0.5, 0.6) is 0 Å². The molecule has 0 bridgehead atoms. The van der Waals surface area contributed by atoms with E-state index in [9.17, 15) is 9.18 Å². The molecule has 1 amide bonds. The van der Waals surface area contributed by atoms with E-state index in [1.54, 1.807) is 12.1 Å². The molecule has 0 aliphatic carbocycles. The van der Waals surface area contributed by atoms with Gasteiger partial charge in [0.05, 0.1) is 23.9 Å². The molecule has 2 heterocycles. The van der Waals surface area contributed by atoms with E-state index in [1.165, 1.54) is 53.4 Å². The molecular formula is C14H10FN3O2S. The third-order valence-corrected chi connectivity index (χ3v) is 3.64. The van der Waals surface area contributed by atoms with Gasteiger partial charge in [0.15, 0.2) is 5.17 Å². The van der Waals surface area contributed by atoms with Crippen molar-refractivity contribution < 1.29 is 13.6 Å². The fourth-order valence-corrected chi connectivity index (χ4v) is 2.60. The Kier molecular flexibility index (Phi) is 3.83. The monoisotopic (exact) mass is 303 g/mol. The van der Waals surface area contributed by atoms with Gasteiger partial charge in [-0.05, 0) is 36.4 Å². The molecule has 0 atom stereocenters. The SMILES string of the molecule is O=C1CS/C(=N\N=C\c2ccco2)N1c1ccc(F)cc1. The number of amidine groups is 1. The summed E-state index contributed by atoms with van der Waals surface area (Å²) in [6.45, 7) is 0. The van der Waals surface area contributed by atoms with Crippen molar-refractivity contribution >= 4 is 34.7 Å². The van der Waals surface area contributed by atoms with Crippen LogP contribution in [-0.4, -0.2) is 23.0 Å². The lowest BCUT2D eigenvalue weighted by Gasteiger charge is -2.14. The molecule has 0 saturated carbocycles. The molecule has 1 fully saturated rings. The Hall–Kier alpha value is -2.41. The summed E-state index contributed by atoms with van der Waals surface area (Å²) in [5.41, 5.74) is 0.568. The maximum atomic E-state index is 13.0. The molecule has 0 radical (unpaired) electrons. The van der Waals surface area contributed by atoms with Crippen molar-refractivity contribution in [3.8, 4) is 0 Å². The number of thioether (sulfide) groups is 1. The predicted molar refractivity (Wildman–Crippen MR) is 80.1 cm³/mol. The lowest BCUT2D eigenvalue weighted by Crippen LogP contribution is -2.29. The van der Waals surface area contributed by atoms with E-state index >= 15 is 0 Å². The van der Waals surface area contributed by atoms with Crippen LogP contribution in [0, 0.1) is 5.82 Å². The van der Waals surface area contributed by atoms with Crippen LogP contribution in [0.2, 0.25) is 0 Å². The van der Waals surface area contributed by atoms with Crippen LogP contribution >= 0.6 is 11.8 Å². The minimum absolute atomic E-state index is 0.112. The first-order valence-corrected chi connectivity index (χ1v) is 7.08. The number of rotatable bonds is 3. The highest BCUT2D eigenvalue weighted by molar-refractivity contribution is 8.15. The first kappa shape index (κ1) is 13.6. The number of furan rings is 1. The molecule has 1 aliphatic rings. The zero-order chi connectivity index (χ0) is 14.7. The normalized spacial score (nSPS) is 17.3. The van der Waals surface area contributed by atoms with E-state index in [-0.39, 0.29) is 17.5 Å². The van der Waals surface area contributed by atoms with E-state index in [0.717, 1.165) is 0 Å². The third kappa shape index (κ3) is 3.03. The zero-order valence-corrected chi connectivity index (χ0v) is 11.6. The number of nitrogens with zero attached hydrogens (tertiary/aromatic N) is 3. The highest BCUT2D eigenvalue weighted by Crippen LogP contribution is 2.26. The largest absolute Gasteiger partial charge is 0.463 e. The fourth-order valence-electron chi connectivity index (χ4n) is 1.78. The molecule has 5 nitrogen and oxygen atoms in total. The topological polar surface area (TPSA) is 58.2 Å². The van der Waals surface area contributed by atoms with Crippen LogP contribution in [-0.2, 0) is 4.79 Å². The zero-order valence-electron chi connectivity index (χ0n) is 10.8. The van der Waals surface area contributed by atoms with Crippen molar-refractivity contribution in [1.29, 1.82) is 0 Å². The standard InChI is InChI=1S/C14H10FN3O2S/c15-10-3-5-11(6-4-10)18-13(19)9-21-14(18)17-16-8-12-2-1-7-20-12/h1-8H,9H2/b16-8+,17-14-. The summed E-state index contributed by atoms with van der Waals surface area (Å²) < 4.78 is 18.1. The Morgan fingerprint density at radius 2 is 2.10 bits per heavy atom. The van der Waals surface area contributed by atoms with Crippen LogP contribution in [0.25, 0.3) is 0 Å². The maximum Gasteiger partial charge on any atom is 0.243 e. The van der Waals surface area contributed by atoms with Crippen molar-refractivity contribution in [3.05, 3.63) is 54.2 Å². The summed E-state index contributed by atoms with van der Waals surface area (Å²) in [6.07, 6.45) is 2.99. The molecule has 2 aromatic rings. The van der Waals surface area contributed by atoms with Gasteiger partial charge in [-0.15, -0.1) is 5.10 Å².